The van der Waals surface area contributed by atoms with E-state index in [2.05, 4.69) is 27.3 Å². The summed E-state index contributed by atoms with van der Waals surface area (Å²) in [6.45, 7) is 4.12. The smallest absolute Gasteiger partial charge is 0.150 e. The van der Waals surface area contributed by atoms with Crippen LogP contribution >= 0.6 is 0 Å². The highest BCUT2D eigenvalue weighted by atomic mass is 15.2. The number of nitrogens with one attached hydrogen (secondary N) is 1. The molecule has 0 fully saturated rings. The van der Waals surface area contributed by atoms with E-state index in [4.69, 9.17) is 0 Å². The summed E-state index contributed by atoms with van der Waals surface area (Å²) in [5.41, 5.74) is 1.04. The van der Waals surface area contributed by atoms with E-state index in [1.165, 1.54) is 0 Å². The Labute approximate surface area is 91.7 Å². The molecule has 1 N–H and O–H groups in total. The van der Waals surface area contributed by atoms with E-state index < -0.39 is 0 Å². The molecular weight excluding hydrogens is 188 g/mol. The Morgan fingerprint density at radius 1 is 1.33 bits per heavy atom. The van der Waals surface area contributed by atoms with Crippen LogP contribution < -0.4 is 10.2 Å². The van der Waals surface area contributed by atoms with Crippen LogP contribution in [0.25, 0.3) is 0 Å². The normalized spacial score (nSPS) is 10.3. The molecule has 15 heavy (non-hydrogen) atoms. The molecule has 0 radical (unpaired) electrons. The van der Waals surface area contributed by atoms with E-state index in [0.717, 1.165) is 37.4 Å². The van der Waals surface area contributed by atoms with Gasteiger partial charge >= 0.3 is 0 Å². The number of anilines is 1. The summed E-state index contributed by atoms with van der Waals surface area (Å²) >= 11 is 0. The van der Waals surface area contributed by atoms with Gasteiger partial charge in [0.2, 0.25) is 0 Å². The average Bonchev–Trinajstić information content (AvgIpc) is 2.29. The second-order valence-corrected chi connectivity index (χ2v) is 3.62. The van der Waals surface area contributed by atoms with Crippen LogP contribution in [0.15, 0.2) is 12.1 Å². The molecule has 0 amide bonds. The third-order valence-corrected chi connectivity index (χ3v) is 2.38. The first-order valence-electron chi connectivity index (χ1n) is 5.46. The molecule has 0 unspecified atom stereocenters. The van der Waals surface area contributed by atoms with E-state index in [-0.39, 0.29) is 0 Å². The van der Waals surface area contributed by atoms with Gasteiger partial charge in [0.15, 0.2) is 5.82 Å². The maximum Gasteiger partial charge on any atom is 0.150 e. The van der Waals surface area contributed by atoms with Crippen LogP contribution in [-0.2, 0) is 6.42 Å². The second kappa shape index (κ2) is 6.35. The van der Waals surface area contributed by atoms with Crippen LogP contribution in [0.4, 0.5) is 5.82 Å². The summed E-state index contributed by atoms with van der Waals surface area (Å²) in [5.74, 6) is 0.948. The number of nitrogens with zero attached hydrogens (tertiary/aromatic N) is 3. The molecule has 0 aliphatic rings. The van der Waals surface area contributed by atoms with Gasteiger partial charge in [0, 0.05) is 13.6 Å². The molecule has 0 saturated heterocycles. The fraction of sp³-hybridized carbons (Fsp3) is 0.636. The van der Waals surface area contributed by atoms with E-state index in [9.17, 15) is 0 Å². The van der Waals surface area contributed by atoms with E-state index in [0.29, 0.717) is 0 Å². The minimum atomic E-state index is 0.941. The van der Waals surface area contributed by atoms with E-state index >= 15 is 0 Å². The third-order valence-electron chi connectivity index (χ3n) is 2.38. The highest BCUT2D eigenvalue weighted by Crippen LogP contribution is 2.07. The van der Waals surface area contributed by atoms with Gasteiger partial charge < -0.3 is 10.2 Å². The fourth-order valence-corrected chi connectivity index (χ4v) is 1.35. The molecule has 1 aromatic heterocycles. The van der Waals surface area contributed by atoms with Crippen molar-refractivity contribution in [1.29, 1.82) is 0 Å². The van der Waals surface area contributed by atoms with Crippen molar-refractivity contribution < 1.29 is 0 Å². The average molecular weight is 208 g/mol. The molecule has 0 aliphatic carbocycles. The predicted molar refractivity (Wildman–Crippen MR) is 63.2 cm³/mol. The standard InChI is InChI=1S/C11H20N4/c1-4-10-6-7-11(14-13-10)15(3)9-5-8-12-2/h6-7,12H,4-5,8-9H2,1-3H3. The van der Waals surface area contributed by atoms with Crippen molar-refractivity contribution in [3.05, 3.63) is 17.8 Å². The zero-order chi connectivity index (χ0) is 11.1. The molecule has 0 spiro atoms. The van der Waals surface area contributed by atoms with Gasteiger partial charge in [-0.1, -0.05) is 6.92 Å². The topological polar surface area (TPSA) is 41.0 Å². The summed E-state index contributed by atoms with van der Waals surface area (Å²) in [6, 6.07) is 4.07. The summed E-state index contributed by atoms with van der Waals surface area (Å²) in [4.78, 5) is 2.13. The quantitative estimate of drug-likeness (QED) is 0.710. The SMILES string of the molecule is CCc1ccc(N(C)CCCNC)nn1. The molecule has 1 rings (SSSR count). The Balaban J connectivity index is 2.46. The van der Waals surface area contributed by atoms with Gasteiger partial charge in [0.1, 0.15) is 0 Å². The van der Waals surface area contributed by atoms with Crippen molar-refractivity contribution >= 4 is 5.82 Å². The number of hydrogen-bond donors (Lipinski definition) is 1. The first-order valence-corrected chi connectivity index (χ1v) is 5.46. The summed E-state index contributed by atoms with van der Waals surface area (Å²) in [6.07, 6.45) is 2.06. The predicted octanol–water partition coefficient (Wildman–Crippen LogP) is 1.08. The Bertz CT molecular complexity index is 270. The lowest BCUT2D eigenvalue weighted by Crippen LogP contribution is -2.23. The van der Waals surface area contributed by atoms with Crippen LogP contribution in [0.3, 0.4) is 0 Å². The largest absolute Gasteiger partial charge is 0.358 e. The van der Waals surface area contributed by atoms with Crippen LogP contribution in [0.2, 0.25) is 0 Å². The number of aromatic nitrogens is 2. The van der Waals surface area contributed by atoms with Crippen molar-refractivity contribution in [2.45, 2.75) is 19.8 Å². The molecule has 4 heteroatoms. The molecule has 1 aromatic rings. The first kappa shape index (κ1) is 11.9. The number of hydrogen-bond acceptors (Lipinski definition) is 4. The van der Waals surface area contributed by atoms with Gasteiger partial charge in [0.25, 0.3) is 0 Å². The maximum atomic E-state index is 4.18. The van der Waals surface area contributed by atoms with Gasteiger partial charge in [-0.05, 0) is 38.6 Å². The van der Waals surface area contributed by atoms with Crippen LogP contribution in [0.1, 0.15) is 19.0 Å². The molecule has 4 nitrogen and oxygen atoms in total. The van der Waals surface area contributed by atoms with E-state index in [1.54, 1.807) is 0 Å². The van der Waals surface area contributed by atoms with Gasteiger partial charge in [-0.25, -0.2) is 0 Å². The molecular formula is C11H20N4. The van der Waals surface area contributed by atoms with Gasteiger partial charge in [-0.15, -0.1) is 5.10 Å². The lowest BCUT2D eigenvalue weighted by atomic mass is 10.3. The molecule has 0 bridgehead atoms. The van der Waals surface area contributed by atoms with Crippen molar-refractivity contribution in [3.8, 4) is 0 Å². The van der Waals surface area contributed by atoms with E-state index in [1.807, 2.05) is 26.2 Å². The summed E-state index contributed by atoms with van der Waals surface area (Å²) < 4.78 is 0. The lowest BCUT2D eigenvalue weighted by Gasteiger charge is -2.17. The summed E-state index contributed by atoms with van der Waals surface area (Å²) in [5, 5.41) is 11.5. The van der Waals surface area contributed by atoms with Crippen molar-refractivity contribution in [2.75, 3.05) is 32.1 Å². The number of aryl methyl sites for hydroxylation is 1. The Morgan fingerprint density at radius 3 is 2.67 bits per heavy atom. The van der Waals surface area contributed by atoms with Crippen molar-refractivity contribution in [2.24, 2.45) is 0 Å². The van der Waals surface area contributed by atoms with Gasteiger partial charge in [-0.2, -0.15) is 5.10 Å². The highest BCUT2D eigenvalue weighted by Gasteiger charge is 2.02. The van der Waals surface area contributed by atoms with Crippen LogP contribution in [0.5, 0.6) is 0 Å². The minimum absolute atomic E-state index is 0.941. The second-order valence-electron chi connectivity index (χ2n) is 3.62. The molecule has 0 atom stereocenters. The monoisotopic (exact) mass is 208 g/mol. The first-order chi connectivity index (χ1) is 7.27. The van der Waals surface area contributed by atoms with Crippen molar-refractivity contribution in [1.82, 2.24) is 15.5 Å². The zero-order valence-corrected chi connectivity index (χ0v) is 9.82. The van der Waals surface area contributed by atoms with Crippen LogP contribution in [0, 0.1) is 0 Å². The van der Waals surface area contributed by atoms with Gasteiger partial charge in [0.05, 0.1) is 5.69 Å². The van der Waals surface area contributed by atoms with Crippen LogP contribution in [-0.4, -0.2) is 37.4 Å². The Hall–Kier alpha value is -1.16. The molecule has 1 heterocycles. The highest BCUT2D eigenvalue weighted by molar-refractivity contribution is 5.35. The maximum absolute atomic E-state index is 4.18. The van der Waals surface area contributed by atoms with Crippen molar-refractivity contribution in [3.63, 3.8) is 0 Å². The Morgan fingerprint density at radius 2 is 2.13 bits per heavy atom. The fourth-order valence-electron chi connectivity index (χ4n) is 1.35. The minimum Gasteiger partial charge on any atom is -0.358 e. The number of rotatable bonds is 6. The molecule has 0 aromatic carbocycles. The third kappa shape index (κ3) is 3.83. The molecule has 0 saturated carbocycles. The molecule has 0 aliphatic heterocycles. The van der Waals surface area contributed by atoms with Gasteiger partial charge in [-0.3, -0.25) is 0 Å². The zero-order valence-electron chi connectivity index (χ0n) is 9.82. The lowest BCUT2D eigenvalue weighted by molar-refractivity contribution is 0.705. The summed E-state index contributed by atoms with van der Waals surface area (Å²) in [7, 11) is 4.02. The molecule has 84 valence electrons. The Kier molecular flexibility index (Phi) is 5.04.